The van der Waals surface area contributed by atoms with E-state index < -0.39 is 67.1 Å². The van der Waals surface area contributed by atoms with Gasteiger partial charge in [0.2, 0.25) is 5.91 Å². The number of quaternary nitrogens is 1. The van der Waals surface area contributed by atoms with Gasteiger partial charge in [-0.05, 0) is 101 Å². The van der Waals surface area contributed by atoms with Crippen LogP contribution in [0.2, 0.25) is 0 Å². The van der Waals surface area contributed by atoms with Crippen molar-refractivity contribution in [3.8, 4) is 12.1 Å². The number of hydrogen-bond acceptors (Lipinski definition) is 17. The number of alkyl halides is 1. The Balaban J connectivity index is 0.000000247. The molecule has 2 saturated heterocycles. The van der Waals surface area contributed by atoms with E-state index in [0.29, 0.717) is 41.8 Å². The molecule has 6 heterocycles. The van der Waals surface area contributed by atoms with Crippen molar-refractivity contribution in [2.24, 2.45) is 0 Å². The Kier molecular flexibility index (Phi) is 19.8. The van der Waals surface area contributed by atoms with Gasteiger partial charge in [0.15, 0.2) is 0 Å². The summed E-state index contributed by atoms with van der Waals surface area (Å²) in [5.74, 6) is -3.93. The molecule has 9 amide bonds. The minimum absolute atomic E-state index is 0.0539. The Hall–Kier alpha value is -8.38. The number of nitrogens with two attached hydrogens (primary N) is 1. The smallest absolute Gasteiger partial charge is 0.333 e. The number of barbiturate groups is 2. The highest BCUT2D eigenvalue weighted by Crippen LogP contribution is 2.51. The summed E-state index contributed by atoms with van der Waals surface area (Å²) >= 11 is 1.96. The third-order valence-electron chi connectivity index (χ3n) is 15.2. The number of likely N-dealkylation sites (N-methyl/N-ethyl adjacent to an activating group) is 4. The number of nitriles is 2. The number of imide groups is 4. The molecular formula is C60H62IN10O13S2-. The Bertz CT molecular complexity index is 3860. The summed E-state index contributed by atoms with van der Waals surface area (Å²) in [4.78, 5) is 95.3. The van der Waals surface area contributed by atoms with Crippen molar-refractivity contribution in [3.05, 3.63) is 177 Å². The average molecular weight is 1320 g/mol. The normalized spacial score (nSPS) is 19.0. The molecule has 2 aromatic rings. The zero-order valence-electron chi connectivity index (χ0n) is 48.4. The number of amides is 9. The van der Waals surface area contributed by atoms with Gasteiger partial charge in [0.05, 0.1) is 54.5 Å². The predicted molar refractivity (Wildman–Crippen MR) is 323 cm³/mol. The predicted octanol–water partition coefficient (Wildman–Crippen LogP) is 4.79. The summed E-state index contributed by atoms with van der Waals surface area (Å²) in [5, 5.41) is 21.8. The summed E-state index contributed by atoms with van der Waals surface area (Å²) < 4.78 is 65.7. The zero-order valence-corrected chi connectivity index (χ0v) is 52.2. The first kappa shape index (κ1) is 65.2. The number of urea groups is 2. The molecule has 0 radical (unpaired) electrons. The molecule has 2 fully saturated rings. The molecule has 0 spiro atoms. The highest BCUT2D eigenvalue weighted by atomic mass is 127. The first-order valence-electron chi connectivity index (χ1n) is 26.8. The molecule has 6 aliphatic heterocycles. The van der Waals surface area contributed by atoms with Crippen molar-refractivity contribution < 1.29 is 64.8 Å². The lowest BCUT2D eigenvalue weighted by molar-refractivity contribution is -0.670. The molecule has 8 rings (SSSR count). The topological polar surface area (TPSA) is 321 Å². The third-order valence-corrected chi connectivity index (χ3v) is 17.5. The first-order valence-corrected chi connectivity index (χ1v) is 31.5. The van der Waals surface area contributed by atoms with E-state index >= 15 is 0 Å². The van der Waals surface area contributed by atoms with Crippen LogP contribution in [0.15, 0.2) is 154 Å². The van der Waals surface area contributed by atoms with Crippen molar-refractivity contribution in [3.63, 3.8) is 0 Å². The molecule has 0 bridgehead atoms. The first-order chi connectivity index (χ1) is 40.4. The number of fused-ring (bicyclic) bond motifs is 6. The van der Waals surface area contributed by atoms with Gasteiger partial charge in [-0.1, -0.05) is 80.6 Å². The number of halogens is 1. The van der Waals surface area contributed by atoms with Crippen molar-refractivity contribution >= 4 is 95.8 Å². The summed E-state index contributed by atoms with van der Waals surface area (Å²) in [6.07, 6.45) is 20.1. The van der Waals surface area contributed by atoms with Crippen LogP contribution in [-0.4, -0.2) is 149 Å². The van der Waals surface area contributed by atoms with Crippen LogP contribution in [0, 0.1) is 22.7 Å². The van der Waals surface area contributed by atoms with Crippen molar-refractivity contribution in [1.29, 1.82) is 10.5 Å². The van der Waals surface area contributed by atoms with Crippen LogP contribution < -0.4 is 15.1 Å². The summed E-state index contributed by atoms with van der Waals surface area (Å²) in [6.45, 7) is 9.87. The number of rotatable bonds is 17. The zero-order chi connectivity index (χ0) is 63.4. The quantitative estimate of drug-likeness (QED) is 0.0423. The van der Waals surface area contributed by atoms with E-state index in [0.717, 1.165) is 64.6 Å². The summed E-state index contributed by atoms with van der Waals surface area (Å²) in [5.41, 5.74) is 8.55. The molecule has 2 aromatic carbocycles. The van der Waals surface area contributed by atoms with Gasteiger partial charge >= 0.3 is 12.1 Å². The second kappa shape index (κ2) is 26.1. The van der Waals surface area contributed by atoms with E-state index in [1.807, 2.05) is 108 Å². The maximum absolute atomic E-state index is 12.6. The lowest BCUT2D eigenvalue weighted by atomic mass is 9.82. The highest BCUT2D eigenvalue weighted by molar-refractivity contribution is 14.1. The van der Waals surface area contributed by atoms with Crippen molar-refractivity contribution in [1.82, 2.24) is 24.5 Å². The molecule has 2 N–H and O–H groups in total. The van der Waals surface area contributed by atoms with Gasteiger partial charge in [0.1, 0.15) is 17.7 Å². The van der Waals surface area contributed by atoms with E-state index in [9.17, 15) is 70.0 Å². The molecule has 23 nitrogen and oxygen atoms in total. The minimum Gasteiger partial charge on any atom is -0.748 e. The number of allylic oxidation sites excluding steroid dienone is 16. The fraction of sp³-hybridized carbons (Fsp3) is 0.317. The monoisotopic (exact) mass is 1320 g/mol. The molecule has 6 aliphatic rings. The maximum atomic E-state index is 12.6. The Morgan fingerprint density at radius 1 is 0.651 bits per heavy atom. The summed E-state index contributed by atoms with van der Waals surface area (Å²) in [6, 6.07) is 15.0. The number of benzene rings is 2. The van der Waals surface area contributed by atoms with Gasteiger partial charge in [0, 0.05) is 111 Å². The maximum Gasteiger partial charge on any atom is 0.333 e. The second-order valence-electron chi connectivity index (χ2n) is 21.7. The fourth-order valence-corrected chi connectivity index (χ4v) is 11.9. The SMILES string of the molecule is CN1C(=O)C(=CC=CC(C#N)=C2C=CN3C(=C2)C(C)(C)c2cc(CN(CCCS(=O)(=O)[O-])C(=O)CI)ccc23)C(=O)N(C)C1=O.CN1C(=O)C(=CC=CC(C#N)=C2C=CN3C(=C2)C(C)(C)c2cc(C[NH2+]CCCS(=O)(=O)[O-])ccc23)C(=O)N(C)C1=O. The third kappa shape index (κ3) is 14.0. The van der Waals surface area contributed by atoms with Crippen LogP contribution in [0.3, 0.4) is 0 Å². The lowest BCUT2D eigenvalue weighted by Gasteiger charge is -2.28. The van der Waals surface area contributed by atoms with E-state index in [2.05, 4.69) is 37.0 Å². The van der Waals surface area contributed by atoms with Crippen molar-refractivity contribution in [2.45, 2.75) is 64.5 Å². The average Bonchev–Trinajstić information content (AvgIpc) is 1.64. The molecular weight excluding hydrogens is 1260 g/mol. The largest absolute Gasteiger partial charge is 0.748 e. The Morgan fingerprint density at radius 2 is 1.06 bits per heavy atom. The fourth-order valence-electron chi connectivity index (χ4n) is 10.4. The van der Waals surface area contributed by atoms with Crippen LogP contribution in [-0.2, 0) is 68.1 Å². The van der Waals surface area contributed by atoms with Gasteiger partial charge in [0.25, 0.3) is 23.6 Å². The van der Waals surface area contributed by atoms with Crippen LogP contribution in [0.25, 0.3) is 0 Å². The van der Waals surface area contributed by atoms with Gasteiger partial charge in [-0.2, -0.15) is 10.5 Å². The van der Waals surface area contributed by atoms with E-state index in [1.165, 1.54) is 64.6 Å². The van der Waals surface area contributed by atoms with Crippen LogP contribution in [0.4, 0.5) is 21.0 Å². The Morgan fingerprint density at radius 3 is 1.47 bits per heavy atom. The standard InChI is InChI=1S/C31H32IN5O7S.C29H31N5O6S/c1-31(2)24-15-20(19-36(27(38)17-32)12-6-14-45(42,43)44)9-10-25(24)37-13-11-21(16-26(31)37)22(18-33)7-5-8-23-28(39)34(3)30(41)35(4)29(23)40;1-29(2)23-15-19(18-31-12-6-14-41(38,39)40)9-10-24(23)34-13-11-20(16-25(29)34)21(17-30)7-5-8-22-26(35)32(3)28(37)33(4)27(22)36/h5,7-11,13,15-16H,6,12,14,17,19H2,1-4H3,(H,42,43,44);5,7-11,13,15-16,31H,6,12,14,18H2,1-4H3,(H,38,39,40)/p-1. The number of hydrogen-bond donors (Lipinski definition) is 1. The van der Waals surface area contributed by atoms with Crippen LogP contribution in [0.5, 0.6) is 0 Å². The van der Waals surface area contributed by atoms with Gasteiger partial charge in [-0.25, -0.2) is 26.4 Å². The van der Waals surface area contributed by atoms with Gasteiger partial charge in [-0.3, -0.25) is 43.6 Å². The van der Waals surface area contributed by atoms with Gasteiger partial charge < -0.3 is 29.1 Å². The molecule has 0 atom stereocenters. The molecule has 0 saturated carbocycles. The number of anilines is 2. The molecule has 86 heavy (non-hydrogen) atoms. The minimum atomic E-state index is -4.37. The van der Waals surface area contributed by atoms with Crippen molar-refractivity contribution in [2.75, 3.05) is 67.0 Å². The molecule has 26 heteroatoms. The van der Waals surface area contributed by atoms with E-state index in [1.54, 1.807) is 11.0 Å². The molecule has 0 aliphatic carbocycles. The van der Waals surface area contributed by atoms with E-state index in [-0.39, 0.29) is 52.2 Å². The molecule has 0 aromatic heterocycles. The van der Waals surface area contributed by atoms with Crippen LogP contribution >= 0.6 is 22.6 Å². The van der Waals surface area contributed by atoms with Crippen LogP contribution in [0.1, 0.15) is 62.8 Å². The lowest BCUT2D eigenvalue weighted by Crippen LogP contribution is -2.82. The second-order valence-corrected chi connectivity index (χ2v) is 25.5. The summed E-state index contributed by atoms with van der Waals surface area (Å²) in [7, 11) is -3.40. The number of carbonyl (C=O) groups excluding carboxylic acids is 7. The highest BCUT2D eigenvalue weighted by Gasteiger charge is 2.43. The number of carbonyl (C=O) groups is 7. The van der Waals surface area contributed by atoms with Gasteiger partial charge in [-0.15, -0.1) is 0 Å². The number of nitrogens with zero attached hydrogens (tertiary/aromatic N) is 9. The van der Waals surface area contributed by atoms with E-state index in [4.69, 9.17) is 0 Å². The molecule has 450 valence electrons. The Labute approximate surface area is 512 Å². The molecule has 0 unspecified atom stereocenters.